The summed E-state index contributed by atoms with van der Waals surface area (Å²) >= 11 is 1.81. The normalized spacial score (nSPS) is 12.7. The molecule has 3 heteroatoms. The summed E-state index contributed by atoms with van der Waals surface area (Å²) in [6, 6.07) is 17.6. The Labute approximate surface area is 122 Å². The molecule has 20 heavy (non-hydrogen) atoms. The molecule has 0 saturated carbocycles. The second kappa shape index (κ2) is 5.73. The maximum atomic E-state index is 13.1. The van der Waals surface area contributed by atoms with Crippen molar-refractivity contribution in [1.82, 2.24) is 5.32 Å². The van der Waals surface area contributed by atoms with E-state index in [1.54, 1.807) is 12.1 Å². The first kappa shape index (κ1) is 13.3. The maximum absolute atomic E-state index is 13.1. The summed E-state index contributed by atoms with van der Waals surface area (Å²) in [6.45, 7) is 2.82. The Hall–Kier alpha value is -1.71. The lowest BCUT2D eigenvalue weighted by Gasteiger charge is -2.12. The van der Waals surface area contributed by atoms with Gasteiger partial charge in [-0.2, -0.15) is 0 Å². The number of nitrogens with one attached hydrogen (secondary N) is 1. The Morgan fingerprint density at radius 1 is 1.10 bits per heavy atom. The Morgan fingerprint density at radius 2 is 1.95 bits per heavy atom. The van der Waals surface area contributed by atoms with Crippen LogP contribution in [0.4, 0.5) is 4.39 Å². The molecule has 3 aromatic rings. The number of thiophene rings is 1. The van der Waals surface area contributed by atoms with Gasteiger partial charge in [0.15, 0.2) is 0 Å². The van der Waals surface area contributed by atoms with Crippen molar-refractivity contribution in [2.24, 2.45) is 0 Å². The van der Waals surface area contributed by atoms with E-state index in [-0.39, 0.29) is 11.9 Å². The molecule has 0 radical (unpaired) electrons. The van der Waals surface area contributed by atoms with E-state index in [0.717, 1.165) is 5.56 Å². The summed E-state index contributed by atoms with van der Waals surface area (Å²) in [5.41, 5.74) is 0.970. The van der Waals surface area contributed by atoms with Crippen molar-refractivity contribution < 1.29 is 4.39 Å². The van der Waals surface area contributed by atoms with Crippen LogP contribution in [0.2, 0.25) is 0 Å². The molecule has 0 aliphatic carbocycles. The van der Waals surface area contributed by atoms with Gasteiger partial charge < -0.3 is 5.32 Å². The van der Waals surface area contributed by atoms with Gasteiger partial charge >= 0.3 is 0 Å². The van der Waals surface area contributed by atoms with Gasteiger partial charge in [-0.1, -0.05) is 30.3 Å². The van der Waals surface area contributed by atoms with Crippen molar-refractivity contribution >= 4 is 21.4 Å². The van der Waals surface area contributed by atoms with Crippen LogP contribution in [0.1, 0.15) is 23.4 Å². The Bertz CT molecular complexity index is 687. The molecule has 0 amide bonds. The molecule has 1 nitrogen and oxygen atoms in total. The second-order valence-electron chi connectivity index (χ2n) is 4.92. The molecule has 1 N–H and O–H groups in total. The maximum Gasteiger partial charge on any atom is 0.123 e. The van der Waals surface area contributed by atoms with Crippen molar-refractivity contribution in [2.45, 2.75) is 19.5 Å². The first-order valence-corrected chi connectivity index (χ1v) is 7.50. The summed E-state index contributed by atoms with van der Waals surface area (Å²) in [7, 11) is 0. The topological polar surface area (TPSA) is 12.0 Å². The molecule has 1 aromatic heterocycles. The van der Waals surface area contributed by atoms with Crippen LogP contribution in [0, 0.1) is 5.82 Å². The van der Waals surface area contributed by atoms with Crippen LogP contribution in [-0.4, -0.2) is 0 Å². The average Bonchev–Trinajstić information content (AvgIpc) is 2.89. The zero-order valence-corrected chi connectivity index (χ0v) is 12.1. The number of hydrogen-bond acceptors (Lipinski definition) is 2. The van der Waals surface area contributed by atoms with Crippen molar-refractivity contribution in [3.63, 3.8) is 0 Å². The quantitative estimate of drug-likeness (QED) is 0.719. The third-order valence-electron chi connectivity index (χ3n) is 3.37. The molecule has 3 rings (SSSR count). The molecule has 1 heterocycles. The number of hydrogen-bond donors (Lipinski definition) is 1. The second-order valence-corrected chi connectivity index (χ2v) is 6.03. The highest BCUT2D eigenvalue weighted by Crippen LogP contribution is 2.29. The smallest absolute Gasteiger partial charge is 0.123 e. The third-order valence-corrected chi connectivity index (χ3v) is 4.67. The van der Waals surface area contributed by atoms with Gasteiger partial charge in [0.05, 0.1) is 0 Å². The van der Waals surface area contributed by atoms with Crippen LogP contribution in [0.3, 0.4) is 0 Å². The molecular formula is C17H16FNS. The van der Waals surface area contributed by atoms with Gasteiger partial charge in [0.1, 0.15) is 5.82 Å². The van der Waals surface area contributed by atoms with Crippen LogP contribution >= 0.6 is 11.3 Å². The molecule has 0 fully saturated rings. The lowest BCUT2D eigenvalue weighted by Crippen LogP contribution is -2.17. The number of fused-ring (bicyclic) bond motifs is 1. The highest BCUT2D eigenvalue weighted by molar-refractivity contribution is 7.19. The Kier molecular flexibility index (Phi) is 3.81. The summed E-state index contributed by atoms with van der Waals surface area (Å²) in [6.07, 6.45) is 0. The minimum Gasteiger partial charge on any atom is -0.305 e. The van der Waals surface area contributed by atoms with Gasteiger partial charge in [-0.25, -0.2) is 4.39 Å². The predicted octanol–water partition coefficient (Wildman–Crippen LogP) is 4.89. The van der Waals surface area contributed by atoms with Gasteiger partial charge in [0.25, 0.3) is 0 Å². The summed E-state index contributed by atoms with van der Waals surface area (Å²) < 4.78 is 14.4. The van der Waals surface area contributed by atoms with Crippen molar-refractivity contribution in [3.8, 4) is 0 Å². The fraction of sp³-hybridized carbons (Fsp3) is 0.176. The zero-order valence-electron chi connectivity index (χ0n) is 11.3. The van der Waals surface area contributed by atoms with Crippen LogP contribution in [0.25, 0.3) is 10.1 Å². The first-order chi connectivity index (χ1) is 9.72. The van der Waals surface area contributed by atoms with E-state index in [1.807, 2.05) is 17.4 Å². The third kappa shape index (κ3) is 2.89. The minimum absolute atomic E-state index is 0.182. The molecule has 0 bridgehead atoms. The van der Waals surface area contributed by atoms with E-state index in [0.29, 0.717) is 6.54 Å². The predicted molar refractivity (Wildman–Crippen MR) is 83.5 cm³/mol. The van der Waals surface area contributed by atoms with Crippen LogP contribution in [0.15, 0.2) is 54.6 Å². The molecule has 0 saturated heterocycles. The van der Waals surface area contributed by atoms with Gasteiger partial charge in [0.2, 0.25) is 0 Å². The SMILES string of the molecule is CC(NCc1cccc(F)c1)c1cc2ccccc2s1. The number of benzene rings is 2. The standard InChI is InChI=1S/C17H16FNS/c1-12(19-11-13-5-4-7-15(18)9-13)17-10-14-6-2-3-8-16(14)20-17/h2-10,12,19H,11H2,1H3. The van der Waals surface area contributed by atoms with Gasteiger partial charge in [0, 0.05) is 22.2 Å². The van der Waals surface area contributed by atoms with Crippen LogP contribution < -0.4 is 5.32 Å². The van der Waals surface area contributed by atoms with E-state index in [4.69, 9.17) is 0 Å². The number of rotatable bonds is 4. The molecular weight excluding hydrogens is 269 g/mol. The van der Waals surface area contributed by atoms with E-state index >= 15 is 0 Å². The Balaban J connectivity index is 1.71. The molecule has 0 aliphatic rings. The molecule has 1 atom stereocenters. The monoisotopic (exact) mass is 285 g/mol. The van der Waals surface area contributed by atoms with Crippen LogP contribution in [-0.2, 0) is 6.54 Å². The van der Waals surface area contributed by atoms with Gasteiger partial charge in [-0.3, -0.25) is 0 Å². The molecule has 1 unspecified atom stereocenters. The van der Waals surface area contributed by atoms with E-state index in [1.165, 1.54) is 21.0 Å². The highest BCUT2D eigenvalue weighted by atomic mass is 32.1. The summed E-state index contributed by atoms with van der Waals surface area (Å²) in [5, 5.41) is 4.73. The number of halogens is 1. The molecule has 102 valence electrons. The van der Waals surface area contributed by atoms with Gasteiger partial charge in [-0.15, -0.1) is 11.3 Å². The highest BCUT2D eigenvalue weighted by Gasteiger charge is 2.09. The summed E-state index contributed by atoms with van der Waals surface area (Å²) in [4.78, 5) is 1.31. The Morgan fingerprint density at radius 3 is 2.75 bits per heavy atom. The van der Waals surface area contributed by atoms with E-state index in [2.05, 4.69) is 42.6 Å². The first-order valence-electron chi connectivity index (χ1n) is 6.69. The van der Waals surface area contributed by atoms with Crippen molar-refractivity contribution in [2.75, 3.05) is 0 Å². The van der Waals surface area contributed by atoms with E-state index in [9.17, 15) is 4.39 Å². The van der Waals surface area contributed by atoms with Crippen molar-refractivity contribution in [3.05, 3.63) is 70.9 Å². The lowest BCUT2D eigenvalue weighted by molar-refractivity contribution is 0.576. The van der Waals surface area contributed by atoms with Gasteiger partial charge in [-0.05, 0) is 42.1 Å². The molecule has 2 aromatic carbocycles. The molecule has 0 spiro atoms. The average molecular weight is 285 g/mol. The summed E-state index contributed by atoms with van der Waals surface area (Å²) in [5.74, 6) is -0.182. The molecule has 0 aliphatic heterocycles. The fourth-order valence-electron chi connectivity index (χ4n) is 2.23. The fourth-order valence-corrected chi connectivity index (χ4v) is 3.33. The van der Waals surface area contributed by atoms with Crippen molar-refractivity contribution in [1.29, 1.82) is 0 Å². The largest absolute Gasteiger partial charge is 0.305 e. The zero-order chi connectivity index (χ0) is 13.9. The lowest BCUT2D eigenvalue weighted by atomic mass is 10.2. The minimum atomic E-state index is -0.182. The van der Waals surface area contributed by atoms with Crippen LogP contribution in [0.5, 0.6) is 0 Å². The van der Waals surface area contributed by atoms with E-state index < -0.39 is 0 Å².